The van der Waals surface area contributed by atoms with Gasteiger partial charge in [-0.3, -0.25) is 9.58 Å². The van der Waals surface area contributed by atoms with E-state index in [1.165, 1.54) is 5.69 Å². The van der Waals surface area contributed by atoms with Crippen LogP contribution in [0.25, 0.3) is 0 Å². The van der Waals surface area contributed by atoms with Gasteiger partial charge in [-0.2, -0.15) is 5.10 Å². The van der Waals surface area contributed by atoms with Gasteiger partial charge in [0.2, 0.25) is 0 Å². The van der Waals surface area contributed by atoms with E-state index < -0.39 is 0 Å². The van der Waals surface area contributed by atoms with Crippen molar-refractivity contribution in [3.05, 3.63) is 18.0 Å². The van der Waals surface area contributed by atoms with Crippen molar-refractivity contribution in [2.75, 3.05) is 13.1 Å². The quantitative estimate of drug-likeness (QED) is 0.866. The van der Waals surface area contributed by atoms with Crippen LogP contribution in [0.5, 0.6) is 0 Å². The Bertz CT molecular complexity index is 348. The standard InChI is InChI=1S/C13H24N4/c1-10(2)17-6-5-13(15-17)9-16-11(3)7-14-8-12(16)4/h5-6,10-12,14H,7-9H2,1-4H3. The molecule has 0 aromatic carbocycles. The van der Waals surface area contributed by atoms with Crippen LogP contribution in [0.2, 0.25) is 0 Å². The fourth-order valence-electron chi connectivity index (χ4n) is 2.42. The Balaban J connectivity index is 2.03. The lowest BCUT2D eigenvalue weighted by Crippen LogP contribution is -2.54. The fourth-order valence-corrected chi connectivity index (χ4v) is 2.42. The van der Waals surface area contributed by atoms with Crippen LogP contribution in [0.4, 0.5) is 0 Å². The molecule has 1 aromatic rings. The molecule has 0 amide bonds. The van der Waals surface area contributed by atoms with Crippen molar-refractivity contribution in [2.45, 2.75) is 52.4 Å². The van der Waals surface area contributed by atoms with Crippen molar-refractivity contribution >= 4 is 0 Å². The van der Waals surface area contributed by atoms with Crippen molar-refractivity contribution in [3.63, 3.8) is 0 Å². The summed E-state index contributed by atoms with van der Waals surface area (Å²) in [6.45, 7) is 12.0. The summed E-state index contributed by atoms with van der Waals surface area (Å²) >= 11 is 0. The normalized spacial score (nSPS) is 26.6. The second-order valence-electron chi connectivity index (χ2n) is 5.41. The lowest BCUT2D eigenvalue weighted by atomic mass is 10.1. The van der Waals surface area contributed by atoms with E-state index in [2.05, 4.69) is 55.3 Å². The number of nitrogens with zero attached hydrogens (tertiary/aromatic N) is 3. The predicted octanol–water partition coefficient (Wildman–Crippen LogP) is 1.65. The average Bonchev–Trinajstić information content (AvgIpc) is 2.72. The molecule has 2 unspecified atom stereocenters. The SMILES string of the molecule is CC1CNCC(C)N1Cc1ccn(C(C)C)n1. The van der Waals surface area contributed by atoms with Gasteiger partial charge in [-0.25, -0.2) is 0 Å². The van der Waals surface area contributed by atoms with E-state index in [-0.39, 0.29) is 0 Å². The summed E-state index contributed by atoms with van der Waals surface area (Å²) in [5.41, 5.74) is 1.18. The highest BCUT2D eigenvalue weighted by atomic mass is 15.3. The summed E-state index contributed by atoms with van der Waals surface area (Å²) in [5, 5.41) is 8.08. The smallest absolute Gasteiger partial charge is 0.0765 e. The number of hydrogen-bond donors (Lipinski definition) is 1. The van der Waals surface area contributed by atoms with Gasteiger partial charge in [-0.05, 0) is 33.8 Å². The van der Waals surface area contributed by atoms with Crippen LogP contribution < -0.4 is 5.32 Å². The lowest BCUT2D eigenvalue weighted by molar-refractivity contribution is 0.107. The highest BCUT2D eigenvalue weighted by molar-refractivity contribution is 5.01. The minimum absolute atomic E-state index is 0.446. The largest absolute Gasteiger partial charge is 0.314 e. The molecule has 1 aliphatic rings. The van der Waals surface area contributed by atoms with Gasteiger partial charge in [0, 0.05) is 44.0 Å². The van der Waals surface area contributed by atoms with E-state index in [9.17, 15) is 0 Å². The molecule has 4 heteroatoms. The molecule has 1 aromatic heterocycles. The van der Waals surface area contributed by atoms with E-state index in [0.29, 0.717) is 18.1 Å². The van der Waals surface area contributed by atoms with Crippen LogP contribution >= 0.6 is 0 Å². The predicted molar refractivity (Wildman–Crippen MR) is 69.9 cm³/mol. The first-order valence-corrected chi connectivity index (χ1v) is 6.58. The van der Waals surface area contributed by atoms with Gasteiger partial charge in [-0.1, -0.05) is 0 Å². The van der Waals surface area contributed by atoms with Crippen LogP contribution in [-0.2, 0) is 6.54 Å². The maximum Gasteiger partial charge on any atom is 0.0765 e. The van der Waals surface area contributed by atoms with E-state index in [0.717, 1.165) is 19.6 Å². The van der Waals surface area contributed by atoms with E-state index in [4.69, 9.17) is 0 Å². The molecule has 0 radical (unpaired) electrons. The van der Waals surface area contributed by atoms with Crippen LogP contribution in [0, 0.1) is 0 Å². The molecule has 2 atom stereocenters. The number of rotatable bonds is 3. The summed E-state index contributed by atoms with van der Waals surface area (Å²) in [6.07, 6.45) is 2.08. The number of aromatic nitrogens is 2. The molecule has 1 aliphatic heterocycles. The van der Waals surface area contributed by atoms with Gasteiger partial charge < -0.3 is 5.32 Å². The summed E-state index contributed by atoms with van der Waals surface area (Å²) in [4.78, 5) is 2.53. The second-order valence-corrected chi connectivity index (χ2v) is 5.41. The average molecular weight is 236 g/mol. The summed E-state index contributed by atoms with van der Waals surface area (Å²) in [5.74, 6) is 0. The second kappa shape index (κ2) is 5.19. The lowest BCUT2D eigenvalue weighted by Gasteiger charge is -2.38. The van der Waals surface area contributed by atoms with Crippen LogP contribution in [0.1, 0.15) is 39.4 Å². The molecule has 17 heavy (non-hydrogen) atoms. The van der Waals surface area contributed by atoms with Crippen molar-refractivity contribution in [3.8, 4) is 0 Å². The molecule has 1 fully saturated rings. The molecular formula is C13H24N4. The Morgan fingerprint density at radius 3 is 2.53 bits per heavy atom. The summed E-state index contributed by atoms with van der Waals surface area (Å²) < 4.78 is 2.03. The molecule has 0 aliphatic carbocycles. The van der Waals surface area contributed by atoms with Gasteiger partial charge in [0.05, 0.1) is 5.69 Å². The molecule has 2 rings (SSSR count). The van der Waals surface area contributed by atoms with E-state index >= 15 is 0 Å². The first kappa shape index (κ1) is 12.6. The fraction of sp³-hybridized carbons (Fsp3) is 0.769. The Morgan fingerprint density at radius 1 is 1.35 bits per heavy atom. The van der Waals surface area contributed by atoms with Gasteiger partial charge in [-0.15, -0.1) is 0 Å². The zero-order valence-electron chi connectivity index (χ0n) is 11.3. The monoisotopic (exact) mass is 236 g/mol. The number of piperazine rings is 1. The zero-order chi connectivity index (χ0) is 12.4. The molecule has 0 saturated carbocycles. The molecule has 0 bridgehead atoms. The molecule has 4 nitrogen and oxygen atoms in total. The van der Waals surface area contributed by atoms with E-state index in [1.807, 2.05) is 4.68 Å². The molecule has 1 N–H and O–H groups in total. The van der Waals surface area contributed by atoms with Crippen LogP contribution in [0.3, 0.4) is 0 Å². The number of nitrogens with one attached hydrogen (secondary N) is 1. The van der Waals surface area contributed by atoms with Crippen molar-refractivity contribution in [1.82, 2.24) is 20.0 Å². The van der Waals surface area contributed by atoms with Gasteiger partial charge in [0.1, 0.15) is 0 Å². The minimum Gasteiger partial charge on any atom is -0.314 e. The van der Waals surface area contributed by atoms with Crippen LogP contribution in [0.15, 0.2) is 12.3 Å². The van der Waals surface area contributed by atoms with Gasteiger partial charge >= 0.3 is 0 Å². The highest BCUT2D eigenvalue weighted by Gasteiger charge is 2.24. The maximum atomic E-state index is 4.63. The van der Waals surface area contributed by atoms with Crippen molar-refractivity contribution in [1.29, 1.82) is 0 Å². The highest BCUT2D eigenvalue weighted by Crippen LogP contribution is 2.14. The van der Waals surface area contributed by atoms with E-state index in [1.54, 1.807) is 0 Å². The van der Waals surface area contributed by atoms with Gasteiger partial charge in [0.25, 0.3) is 0 Å². The third kappa shape index (κ3) is 2.87. The third-order valence-electron chi connectivity index (χ3n) is 3.55. The first-order chi connectivity index (χ1) is 8.08. The Hall–Kier alpha value is -0.870. The Morgan fingerprint density at radius 2 is 2.00 bits per heavy atom. The molecule has 0 spiro atoms. The molecule has 96 valence electrons. The summed E-state index contributed by atoms with van der Waals surface area (Å²) in [6, 6.07) is 3.76. The topological polar surface area (TPSA) is 33.1 Å². The summed E-state index contributed by atoms with van der Waals surface area (Å²) in [7, 11) is 0. The third-order valence-corrected chi connectivity index (χ3v) is 3.55. The van der Waals surface area contributed by atoms with Crippen molar-refractivity contribution in [2.24, 2.45) is 0 Å². The van der Waals surface area contributed by atoms with Crippen LogP contribution in [-0.4, -0.2) is 39.9 Å². The Kier molecular flexibility index (Phi) is 3.84. The maximum absolute atomic E-state index is 4.63. The molecule has 2 heterocycles. The molecule has 1 saturated heterocycles. The number of hydrogen-bond acceptors (Lipinski definition) is 3. The van der Waals surface area contributed by atoms with Gasteiger partial charge in [0.15, 0.2) is 0 Å². The van der Waals surface area contributed by atoms with Crippen molar-refractivity contribution < 1.29 is 0 Å². The first-order valence-electron chi connectivity index (χ1n) is 6.58. The Labute approximate surface area is 104 Å². The minimum atomic E-state index is 0.446. The zero-order valence-corrected chi connectivity index (χ0v) is 11.3. The molecular weight excluding hydrogens is 212 g/mol.